The van der Waals surface area contributed by atoms with Gasteiger partial charge in [-0.25, -0.2) is 0 Å². The standard InChI is InChI=1S/C16H22ClN3O/c17-12-6-7-14-13(10-12)15(21)20-16(19-14)18-9-8-11-4-2-1-3-5-11/h1-5,12-14,16,18-19H,6-10H2,(H,20,21). The third kappa shape index (κ3) is 3.76. The van der Waals surface area contributed by atoms with E-state index >= 15 is 0 Å². The van der Waals surface area contributed by atoms with E-state index in [0.717, 1.165) is 32.2 Å². The molecule has 1 aliphatic heterocycles. The Balaban J connectivity index is 1.48. The van der Waals surface area contributed by atoms with E-state index < -0.39 is 0 Å². The van der Waals surface area contributed by atoms with Crippen molar-refractivity contribution in [2.45, 2.75) is 43.4 Å². The second kappa shape index (κ2) is 6.77. The first-order valence-electron chi connectivity index (χ1n) is 7.70. The molecular weight excluding hydrogens is 286 g/mol. The van der Waals surface area contributed by atoms with Crippen LogP contribution in [0.5, 0.6) is 0 Å². The summed E-state index contributed by atoms with van der Waals surface area (Å²) in [6.07, 6.45) is 3.56. The highest BCUT2D eigenvalue weighted by Gasteiger charge is 2.39. The lowest BCUT2D eigenvalue weighted by atomic mass is 9.82. The summed E-state index contributed by atoms with van der Waals surface area (Å²) < 4.78 is 0. The number of hydrogen-bond acceptors (Lipinski definition) is 3. The van der Waals surface area contributed by atoms with Gasteiger partial charge in [-0.2, -0.15) is 0 Å². The van der Waals surface area contributed by atoms with E-state index in [4.69, 9.17) is 11.6 Å². The monoisotopic (exact) mass is 307 g/mol. The Morgan fingerprint density at radius 1 is 1.24 bits per heavy atom. The largest absolute Gasteiger partial charge is 0.328 e. The first-order valence-corrected chi connectivity index (χ1v) is 8.14. The predicted octanol–water partition coefficient (Wildman–Crippen LogP) is 1.60. The molecule has 1 saturated heterocycles. The SMILES string of the molecule is O=C1NC(NCCc2ccccc2)NC2CCC(Cl)CC12. The highest BCUT2D eigenvalue weighted by atomic mass is 35.5. The molecule has 1 aromatic rings. The zero-order chi connectivity index (χ0) is 14.7. The maximum absolute atomic E-state index is 12.2. The molecule has 4 atom stereocenters. The molecule has 1 aliphatic carbocycles. The van der Waals surface area contributed by atoms with E-state index in [2.05, 4.69) is 28.1 Å². The fourth-order valence-electron chi connectivity index (χ4n) is 3.23. The van der Waals surface area contributed by atoms with Crippen LogP contribution in [0, 0.1) is 5.92 Å². The smallest absolute Gasteiger partial charge is 0.226 e. The minimum absolute atomic E-state index is 0.0217. The molecular formula is C16H22ClN3O. The maximum atomic E-state index is 12.2. The van der Waals surface area contributed by atoms with Crippen molar-refractivity contribution in [3.63, 3.8) is 0 Å². The van der Waals surface area contributed by atoms with Crippen molar-refractivity contribution in [1.29, 1.82) is 0 Å². The Bertz CT molecular complexity index is 482. The van der Waals surface area contributed by atoms with Crippen molar-refractivity contribution in [2.24, 2.45) is 5.92 Å². The highest BCUT2D eigenvalue weighted by molar-refractivity contribution is 6.20. The quantitative estimate of drug-likeness (QED) is 0.741. The number of carbonyl (C=O) groups excluding carboxylic acids is 1. The van der Waals surface area contributed by atoms with E-state index in [1.807, 2.05) is 18.2 Å². The number of fused-ring (bicyclic) bond motifs is 1. The van der Waals surface area contributed by atoms with Crippen LogP contribution in [0.2, 0.25) is 0 Å². The van der Waals surface area contributed by atoms with Crippen molar-refractivity contribution in [3.8, 4) is 0 Å². The summed E-state index contributed by atoms with van der Waals surface area (Å²) in [6.45, 7) is 0.831. The average molecular weight is 308 g/mol. The summed E-state index contributed by atoms with van der Waals surface area (Å²) in [6, 6.07) is 10.6. The topological polar surface area (TPSA) is 53.2 Å². The van der Waals surface area contributed by atoms with Crippen LogP contribution >= 0.6 is 11.6 Å². The fourth-order valence-corrected chi connectivity index (χ4v) is 3.55. The van der Waals surface area contributed by atoms with Crippen molar-refractivity contribution < 1.29 is 4.79 Å². The van der Waals surface area contributed by atoms with Gasteiger partial charge in [-0.15, -0.1) is 11.6 Å². The summed E-state index contributed by atoms with van der Waals surface area (Å²) in [4.78, 5) is 12.2. The Morgan fingerprint density at radius 3 is 2.86 bits per heavy atom. The van der Waals surface area contributed by atoms with Crippen LogP contribution in [-0.4, -0.2) is 30.2 Å². The molecule has 0 aromatic heterocycles. The average Bonchev–Trinajstić information content (AvgIpc) is 2.49. The van der Waals surface area contributed by atoms with Gasteiger partial charge in [-0.05, 0) is 31.2 Å². The lowest BCUT2D eigenvalue weighted by Crippen LogP contribution is -2.67. The summed E-state index contributed by atoms with van der Waals surface area (Å²) in [5.41, 5.74) is 1.30. The molecule has 1 amide bonds. The lowest BCUT2D eigenvalue weighted by Gasteiger charge is -2.41. The number of rotatable bonds is 4. The number of nitrogens with one attached hydrogen (secondary N) is 3. The van der Waals surface area contributed by atoms with Gasteiger partial charge in [0.1, 0.15) is 6.29 Å². The van der Waals surface area contributed by atoms with Gasteiger partial charge in [0.05, 0.1) is 5.92 Å². The number of hydrogen-bond donors (Lipinski definition) is 3. The van der Waals surface area contributed by atoms with Gasteiger partial charge in [0.2, 0.25) is 5.91 Å². The molecule has 3 rings (SSSR count). The van der Waals surface area contributed by atoms with Crippen LogP contribution in [0.25, 0.3) is 0 Å². The molecule has 4 nitrogen and oxygen atoms in total. The highest BCUT2D eigenvalue weighted by Crippen LogP contribution is 2.30. The second-order valence-electron chi connectivity index (χ2n) is 5.92. The number of carbonyl (C=O) groups is 1. The number of amides is 1. The molecule has 2 fully saturated rings. The number of halogens is 1. The Labute approximate surface area is 130 Å². The van der Waals surface area contributed by atoms with Crippen LogP contribution in [-0.2, 0) is 11.2 Å². The molecule has 21 heavy (non-hydrogen) atoms. The van der Waals surface area contributed by atoms with Gasteiger partial charge < -0.3 is 5.32 Å². The van der Waals surface area contributed by atoms with Crippen molar-refractivity contribution in [3.05, 3.63) is 35.9 Å². The molecule has 0 spiro atoms. The Hall–Kier alpha value is -1.10. The van der Waals surface area contributed by atoms with E-state index in [1.54, 1.807) is 0 Å². The zero-order valence-corrected chi connectivity index (χ0v) is 12.8. The van der Waals surface area contributed by atoms with Gasteiger partial charge in [0, 0.05) is 18.0 Å². The van der Waals surface area contributed by atoms with Crippen molar-refractivity contribution in [2.75, 3.05) is 6.54 Å². The van der Waals surface area contributed by atoms with Gasteiger partial charge in [-0.3, -0.25) is 15.4 Å². The van der Waals surface area contributed by atoms with E-state index in [9.17, 15) is 4.79 Å². The third-order valence-electron chi connectivity index (χ3n) is 4.40. The summed E-state index contributed by atoms with van der Waals surface area (Å²) >= 11 is 6.17. The molecule has 0 bridgehead atoms. The maximum Gasteiger partial charge on any atom is 0.226 e. The molecule has 5 heteroatoms. The number of benzene rings is 1. The molecule has 2 aliphatic rings. The Morgan fingerprint density at radius 2 is 2.05 bits per heavy atom. The van der Waals surface area contributed by atoms with Crippen LogP contribution in [0.1, 0.15) is 24.8 Å². The molecule has 1 saturated carbocycles. The van der Waals surface area contributed by atoms with Crippen LogP contribution in [0.15, 0.2) is 30.3 Å². The number of alkyl halides is 1. The fraction of sp³-hybridized carbons (Fsp3) is 0.562. The minimum Gasteiger partial charge on any atom is -0.328 e. The third-order valence-corrected chi connectivity index (χ3v) is 4.79. The molecule has 114 valence electrons. The first kappa shape index (κ1) is 14.8. The van der Waals surface area contributed by atoms with E-state index in [-0.39, 0.29) is 29.5 Å². The zero-order valence-electron chi connectivity index (χ0n) is 12.0. The molecule has 3 N–H and O–H groups in total. The van der Waals surface area contributed by atoms with Crippen LogP contribution < -0.4 is 16.0 Å². The minimum atomic E-state index is -0.130. The van der Waals surface area contributed by atoms with Crippen molar-refractivity contribution in [1.82, 2.24) is 16.0 Å². The molecule has 1 heterocycles. The van der Waals surface area contributed by atoms with Crippen LogP contribution in [0.4, 0.5) is 0 Å². The molecule has 1 aromatic carbocycles. The predicted molar refractivity (Wildman–Crippen MR) is 84.0 cm³/mol. The van der Waals surface area contributed by atoms with Gasteiger partial charge in [-0.1, -0.05) is 30.3 Å². The summed E-state index contributed by atoms with van der Waals surface area (Å²) in [7, 11) is 0. The normalized spacial score (nSPS) is 32.3. The lowest BCUT2D eigenvalue weighted by molar-refractivity contribution is -0.131. The van der Waals surface area contributed by atoms with E-state index in [1.165, 1.54) is 5.56 Å². The molecule has 0 radical (unpaired) electrons. The molecule has 4 unspecified atom stereocenters. The van der Waals surface area contributed by atoms with Gasteiger partial charge >= 0.3 is 0 Å². The van der Waals surface area contributed by atoms with Gasteiger partial charge in [0.15, 0.2) is 0 Å². The first-order chi connectivity index (χ1) is 10.2. The summed E-state index contributed by atoms with van der Waals surface area (Å²) in [5.74, 6) is 0.148. The van der Waals surface area contributed by atoms with Gasteiger partial charge in [0.25, 0.3) is 0 Å². The second-order valence-corrected chi connectivity index (χ2v) is 6.54. The van der Waals surface area contributed by atoms with Crippen LogP contribution in [0.3, 0.4) is 0 Å². The summed E-state index contributed by atoms with van der Waals surface area (Å²) in [5, 5.41) is 10.0. The Kier molecular flexibility index (Phi) is 4.78. The van der Waals surface area contributed by atoms with Crippen molar-refractivity contribution >= 4 is 17.5 Å². The van der Waals surface area contributed by atoms with E-state index in [0.29, 0.717) is 0 Å².